The zero-order valence-corrected chi connectivity index (χ0v) is 9.76. The summed E-state index contributed by atoms with van der Waals surface area (Å²) >= 11 is 0. The lowest BCUT2D eigenvalue weighted by molar-refractivity contribution is -0.427. The summed E-state index contributed by atoms with van der Waals surface area (Å²) in [4.78, 5) is 12.7. The number of aryl methyl sites for hydroxylation is 1. The number of rotatable bonds is 4. The normalized spacial score (nSPS) is 9.94. The molecule has 86 valence electrons. The highest BCUT2D eigenvalue weighted by Gasteiger charge is 2.14. The fourth-order valence-corrected chi connectivity index (χ4v) is 1.68. The third-order valence-corrected chi connectivity index (χ3v) is 2.61. The maximum absolute atomic E-state index is 11.9. The van der Waals surface area contributed by atoms with E-state index in [0.29, 0.717) is 5.69 Å². The number of hydrogen-bond acceptors (Lipinski definition) is 1. The Bertz CT molecular complexity index is 509. The van der Waals surface area contributed by atoms with Gasteiger partial charge in [0, 0.05) is 12.1 Å². The summed E-state index contributed by atoms with van der Waals surface area (Å²) < 4.78 is 0. The van der Waals surface area contributed by atoms with E-state index in [4.69, 9.17) is 0 Å². The Labute approximate surface area is 101 Å². The monoisotopic (exact) mass is 227 g/mol. The predicted octanol–water partition coefficient (Wildman–Crippen LogP) is 3.69. The molecule has 0 radical (unpaired) electrons. The van der Waals surface area contributed by atoms with Crippen LogP contribution in [0.5, 0.6) is 0 Å². The number of anilines is 1. The Morgan fingerprint density at radius 2 is 1.65 bits per heavy atom. The minimum absolute atomic E-state index is 0.596. The van der Waals surface area contributed by atoms with Gasteiger partial charge in [-0.1, -0.05) is 43.3 Å². The highest BCUT2D eigenvalue weighted by atomic mass is 16.3. The van der Waals surface area contributed by atoms with Crippen molar-refractivity contribution >= 4 is 11.4 Å². The van der Waals surface area contributed by atoms with Gasteiger partial charge in [0.05, 0.1) is 4.91 Å². The van der Waals surface area contributed by atoms with Gasteiger partial charge in [0.15, 0.2) is 4.87 Å². The van der Waals surface area contributed by atoms with Gasteiger partial charge in [-0.05, 0) is 18.1 Å². The molecule has 0 saturated carbocycles. The van der Waals surface area contributed by atoms with E-state index in [1.54, 1.807) is 12.1 Å². The van der Waals surface area contributed by atoms with E-state index in [1.165, 1.54) is 0 Å². The van der Waals surface area contributed by atoms with Gasteiger partial charge in [0.1, 0.15) is 5.69 Å². The zero-order chi connectivity index (χ0) is 12.1. The second kappa shape index (κ2) is 5.25. The molecule has 2 rings (SSSR count). The molecule has 0 aliphatic heterocycles. The van der Waals surface area contributed by atoms with Crippen molar-refractivity contribution in [1.82, 2.24) is 0 Å². The van der Waals surface area contributed by atoms with Gasteiger partial charge in [-0.3, -0.25) is 0 Å². The van der Waals surface area contributed by atoms with Crippen LogP contribution in [0.4, 0.5) is 11.4 Å². The van der Waals surface area contributed by atoms with Crippen LogP contribution in [-0.2, 0) is 6.42 Å². The molecule has 3 nitrogen and oxygen atoms in total. The van der Waals surface area contributed by atoms with Gasteiger partial charge in [0.25, 0.3) is 5.69 Å². The minimum Gasteiger partial charge on any atom is -0.114 e. The van der Waals surface area contributed by atoms with Crippen molar-refractivity contribution in [2.24, 2.45) is 0 Å². The number of hydrazine groups is 1. The van der Waals surface area contributed by atoms with Crippen LogP contribution in [0.15, 0.2) is 54.6 Å². The summed E-state index contributed by atoms with van der Waals surface area (Å²) in [6.45, 7) is 2.07. The van der Waals surface area contributed by atoms with Crippen LogP contribution >= 0.6 is 0 Å². The number of nitrogens with zero attached hydrogens (tertiary/aromatic N) is 1. The van der Waals surface area contributed by atoms with Gasteiger partial charge in [0.2, 0.25) is 0 Å². The second-order valence-electron chi connectivity index (χ2n) is 3.75. The van der Waals surface area contributed by atoms with Crippen molar-refractivity contribution in [2.75, 3.05) is 5.43 Å². The first-order valence-corrected chi connectivity index (χ1v) is 5.68. The Hall–Kier alpha value is -2.16. The van der Waals surface area contributed by atoms with Crippen LogP contribution in [0.1, 0.15) is 12.5 Å². The van der Waals surface area contributed by atoms with Crippen molar-refractivity contribution in [3.8, 4) is 0 Å². The molecule has 2 aromatic carbocycles. The van der Waals surface area contributed by atoms with Crippen molar-refractivity contribution in [3.63, 3.8) is 0 Å². The molecule has 0 bridgehead atoms. The smallest absolute Gasteiger partial charge is 0.114 e. The molecule has 1 N–H and O–H groups in total. The fourth-order valence-electron chi connectivity index (χ4n) is 1.68. The molecule has 0 saturated heterocycles. The summed E-state index contributed by atoms with van der Waals surface area (Å²) in [6, 6.07) is 16.9. The van der Waals surface area contributed by atoms with Crippen LogP contribution in [-0.4, -0.2) is 4.87 Å². The summed E-state index contributed by atoms with van der Waals surface area (Å²) in [5, 5.41) is 0. The third kappa shape index (κ3) is 2.69. The van der Waals surface area contributed by atoms with E-state index >= 15 is 0 Å². The number of nitroso groups, excluding NO2 is 1. The van der Waals surface area contributed by atoms with Gasteiger partial charge in [-0.2, -0.15) is 0 Å². The molecular weight excluding hydrogens is 212 g/mol. The standard InChI is InChI=1S/C14H15N2O/c1-2-12-8-6-7-11-14(12)15-16(17)13-9-4-3-5-10-13/h3-11H,2H2,1H3,(H,15,17)/q+1. The quantitative estimate of drug-likeness (QED) is 0.638. The van der Waals surface area contributed by atoms with E-state index in [-0.39, 0.29) is 0 Å². The number of benzene rings is 2. The molecule has 0 aliphatic carbocycles. The molecule has 0 atom stereocenters. The summed E-state index contributed by atoms with van der Waals surface area (Å²) in [7, 11) is 0. The molecule has 2 aromatic rings. The molecule has 0 unspecified atom stereocenters. The van der Waals surface area contributed by atoms with Crippen LogP contribution < -0.4 is 5.43 Å². The van der Waals surface area contributed by atoms with E-state index in [9.17, 15) is 4.91 Å². The highest BCUT2D eigenvalue weighted by Crippen LogP contribution is 2.18. The Morgan fingerprint density at radius 1 is 1.00 bits per heavy atom. The van der Waals surface area contributed by atoms with E-state index < -0.39 is 0 Å². The summed E-state index contributed by atoms with van der Waals surface area (Å²) in [6.07, 6.45) is 0.895. The number of nitrogens with one attached hydrogen (secondary N) is 1. The van der Waals surface area contributed by atoms with E-state index in [1.807, 2.05) is 42.5 Å². The molecule has 17 heavy (non-hydrogen) atoms. The second-order valence-corrected chi connectivity index (χ2v) is 3.75. The minimum atomic E-state index is 0.596. The molecule has 0 spiro atoms. The SMILES string of the molecule is CCc1ccccc1N[N+](=O)c1ccccc1. The van der Waals surface area contributed by atoms with Crippen molar-refractivity contribution in [1.29, 1.82) is 0 Å². The van der Waals surface area contributed by atoms with Crippen molar-refractivity contribution in [3.05, 3.63) is 65.1 Å². The predicted molar refractivity (Wildman–Crippen MR) is 69.2 cm³/mol. The van der Waals surface area contributed by atoms with Crippen LogP contribution in [0.25, 0.3) is 0 Å². The largest absolute Gasteiger partial charge is 0.292 e. The number of para-hydroxylation sites is 2. The lowest BCUT2D eigenvalue weighted by Gasteiger charge is -2.03. The van der Waals surface area contributed by atoms with Crippen LogP contribution in [0.3, 0.4) is 0 Å². The maximum Gasteiger partial charge on any atom is 0.292 e. The van der Waals surface area contributed by atoms with Crippen LogP contribution in [0.2, 0.25) is 0 Å². The van der Waals surface area contributed by atoms with Crippen molar-refractivity contribution < 1.29 is 4.87 Å². The first kappa shape index (κ1) is 11.3. The van der Waals surface area contributed by atoms with Gasteiger partial charge in [-0.25, -0.2) is 0 Å². The van der Waals surface area contributed by atoms with E-state index in [2.05, 4.69) is 12.3 Å². The van der Waals surface area contributed by atoms with Crippen LogP contribution in [0, 0.1) is 4.91 Å². The van der Waals surface area contributed by atoms with Crippen molar-refractivity contribution in [2.45, 2.75) is 13.3 Å². The molecule has 0 amide bonds. The Balaban J connectivity index is 2.19. The third-order valence-electron chi connectivity index (χ3n) is 2.61. The number of hydrogen-bond donors (Lipinski definition) is 1. The average molecular weight is 227 g/mol. The zero-order valence-electron chi connectivity index (χ0n) is 9.76. The maximum atomic E-state index is 11.9. The highest BCUT2D eigenvalue weighted by molar-refractivity contribution is 5.49. The summed E-state index contributed by atoms with van der Waals surface area (Å²) in [5.74, 6) is 0. The first-order valence-electron chi connectivity index (χ1n) is 5.68. The Morgan fingerprint density at radius 3 is 2.35 bits per heavy atom. The van der Waals surface area contributed by atoms with Gasteiger partial charge >= 0.3 is 0 Å². The topological polar surface area (TPSA) is 32.1 Å². The molecule has 0 aliphatic rings. The lowest BCUT2D eigenvalue weighted by atomic mass is 10.1. The van der Waals surface area contributed by atoms with E-state index in [0.717, 1.165) is 22.5 Å². The van der Waals surface area contributed by atoms with Gasteiger partial charge in [-0.15, -0.1) is 5.43 Å². The fraction of sp³-hybridized carbons (Fsp3) is 0.143. The molecule has 0 fully saturated rings. The Kier molecular flexibility index (Phi) is 3.50. The molecule has 0 aromatic heterocycles. The lowest BCUT2D eigenvalue weighted by Crippen LogP contribution is -2.11. The molecule has 0 heterocycles. The first-order chi connectivity index (χ1) is 8.31. The molecular formula is C14H15N2O+. The van der Waals surface area contributed by atoms with Gasteiger partial charge < -0.3 is 0 Å². The average Bonchev–Trinajstić information content (AvgIpc) is 2.40. The summed E-state index contributed by atoms with van der Waals surface area (Å²) in [5.41, 5.74) is 5.44. The molecule has 3 heteroatoms.